The molecule has 49 heavy (non-hydrogen) atoms. The van der Waals surface area contributed by atoms with Crippen LogP contribution in [0.2, 0.25) is 0 Å². The smallest absolute Gasteiger partial charge is 0.189 e. The molecule has 0 spiro atoms. The van der Waals surface area contributed by atoms with Crippen LogP contribution < -0.4 is 0 Å². The van der Waals surface area contributed by atoms with Gasteiger partial charge in [0.15, 0.2) is 5.69 Å². The minimum absolute atomic E-state index is 0.642. The molecule has 2 aromatic heterocycles. The monoisotopic (exact) mass is 621 g/mol. The summed E-state index contributed by atoms with van der Waals surface area (Å²) in [4.78, 5) is 8.78. The molecule has 0 aliphatic heterocycles. The molecule has 0 saturated heterocycles. The second-order valence-electron chi connectivity index (χ2n) is 12.7. The van der Waals surface area contributed by atoms with Crippen molar-refractivity contribution in [2.24, 2.45) is 0 Å². The summed E-state index contributed by atoms with van der Waals surface area (Å²) in [6.07, 6.45) is 0. The maximum Gasteiger partial charge on any atom is 0.189 e. The lowest BCUT2D eigenvalue weighted by atomic mass is 9.90. The molecule has 10 aromatic rings. The summed E-state index contributed by atoms with van der Waals surface area (Å²) in [7, 11) is 0. The zero-order chi connectivity index (χ0) is 32.5. The number of nitrogens with zero attached hydrogens (tertiary/aromatic N) is 3. The number of aromatic nitrogens is 2. The van der Waals surface area contributed by atoms with E-state index in [0.717, 1.165) is 50.2 Å². The van der Waals surface area contributed by atoms with Gasteiger partial charge in [-0.25, -0.2) is 9.83 Å². The van der Waals surface area contributed by atoms with E-state index in [4.69, 9.17) is 11.6 Å². The third-order valence-corrected chi connectivity index (χ3v) is 9.88. The van der Waals surface area contributed by atoms with Crippen molar-refractivity contribution in [1.82, 2.24) is 9.55 Å². The van der Waals surface area contributed by atoms with Gasteiger partial charge in [0.05, 0.1) is 23.5 Å². The van der Waals surface area contributed by atoms with E-state index in [0.29, 0.717) is 5.69 Å². The van der Waals surface area contributed by atoms with E-state index in [1.807, 2.05) is 24.3 Å². The fraction of sp³-hybridized carbons (Fsp3) is 0. The van der Waals surface area contributed by atoms with Crippen LogP contribution in [0.4, 0.5) is 5.69 Å². The molecule has 0 amide bonds. The predicted octanol–water partition coefficient (Wildman–Crippen LogP) is 12.6. The highest BCUT2D eigenvalue weighted by Crippen LogP contribution is 2.41. The molecule has 0 saturated carbocycles. The topological polar surface area (TPSA) is 22.2 Å². The Balaban J connectivity index is 1.12. The Bertz CT molecular complexity index is 2860. The van der Waals surface area contributed by atoms with E-state index in [2.05, 4.69) is 149 Å². The van der Waals surface area contributed by atoms with Crippen LogP contribution in [0.15, 0.2) is 164 Å². The third kappa shape index (κ3) is 4.32. The Morgan fingerprint density at radius 1 is 0.429 bits per heavy atom. The van der Waals surface area contributed by atoms with Gasteiger partial charge in [-0.05, 0) is 104 Å². The van der Waals surface area contributed by atoms with Crippen LogP contribution in [0.1, 0.15) is 0 Å². The summed E-state index contributed by atoms with van der Waals surface area (Å²) in [5.74, 6) is 0. The second-order valence-corrected chi connectivity index (χ2v) is 12.7. The summed E-state index contributed by atoms with van der Waals surface area (Å²) in [6, 6.07) is 58.1. The number of hydrogen-bond acceptors (Lipinski definition) is 1. The fourth-order valence-electron chi connectivity index (χ4n) is 7.63. The van der Waals surface area contributed by atoms with Gasteiger partial charge in [-0.1, -0.05) is 103 Å². The first-order valence-electron chi connectivity index (χ1n) is 16.5. The molecule has 0 N–H and O–H groups in total. The van der Waals surface area contributed by atoms with Gasteiger partial charge in [0.2, 0.25) is 0 Å². The summed E-state index contributed by atoms with van der Waals surface area (Å²) in [6.45, 7) is 7.63. The van der Waals surface area contributed by atoms with Crippen LogP contribution in [0, 0.1) is 6.57 Å². The molecule has 2 heterocycles. The summed E-state index contributed by atoms with van der Waals surface area (Å²) in [5, 5.41) is 9.81. The van der Waals surface area contributed by atoms with Crippen molar-refractivity contribution in [3.63, 3.8) is 0 Å². The minimum atomic E-state index is 0.642. The number of para-hydroxylation sites is 1. The van der Waals surface area contributed by atoms with Crippen molar-refractivity contribution in [2.45, 2.75) is 0 Å². The lowest BCUT2D eigenvalue weighted by Crippen LogP contribution is -1.93. The average Bonchev–Trinajstić information content (AvgIpc) is 3.50. The first-order chi connectivity index (χ1) is 24.2. The van der Waals surface area contributed by atoms with Crippen LogP contribution in [0.3, 0.4) is 0 Å². The summed E-state index contributed by atoms with van der Waals surface area (Å²) < 4.78 is 2.29. The molecule has 226 valence electrons. The standard InChI is InChI=1S/C46H27N3/c1-47-37-20-22-40-39-21-19-30(27-43(39)49(44(40)28-37)38-11-6-3-7-12-38)35-23-31-15-17-33-25-36(26-34-18-16-32(24-35)45(31)46(33)34)42-14-8-13-41(48-42)29-9-4-2-5-10-29/h2-28H. The van der Waals surface area contributed by atoms with Crippen molar-refractivity contribution < 1.29 is 0 Å². The van der Waals surface area contributed by atoms with E-state index in [1.165, 1.54) is 43.3 Å². The number of benzene rings is 8. The van der Waals surface area contributed by atoms with Crippen LogP contribution in [0.25, 0.3) is 98.3 Å². The Morgan fingerprint density at radius 2 is 0.980 bits per heavy atom. The lowest BCUT2D eigenvalue weighted by molar-refractivity contribution is 1.18. The fourth-order valence-corrected chi connectivity index (χ4v) is 7.63. The van der Waals surface area contributed by atoms with Gasteiger partial charge in [0.25, 0.3) is 0 Å². The molecule has 0 unspecified atom stereocenters. The maximum absolute atomic E-state index is 7.63. The molecule has 10 rings (SSSR count). The van der Waals surface area contributed by atoms with Crippen LogP contribution in [0.5, 0.6) is 0 Å². The Morgan fingerprint density at radius 3 is 1.61 bits per heavy atom. The zero-order valence-corrected chi connectivity index (χ0v) is 26.4. The number of hydrogen-bond donors (Lipinski definition) is 0. The van der Waals surface area contributed by atoms with Crippen molar-refractivity contribution in [3.05, 3.63) is 175 Å². The molecular weight excluding hydrogens is 595 g/mol. The molecule has 0 fully saturated rings. The third-order valence-electron chi connectivity index (χ3n) is 9.88. The molecule has 0 radical (unpaired) electrons. The minimum Gasteiger partial charge on any atom is -0.310 e. The van der Waals surface area contributed by atoms with Crippen LogP contribution in [-0.2, 0) is 0 Å². The molecule has 0 atom stereocenters. The number of fused-ring (bicyclic) bond motifs is 3. The second kappa shape index (κ2) is 10.6. The van der Waals surface area contributed by atoms with Crippen molar-refractivity contribution >= 4 is 59.8 Å². The van der Waals surface area contributed by atoms with Crippen LogP contribution in [-0.4, -0.2) is 9.55 Å². The van der Waals surface area contributed by atoms with E-state index in [9.17, 15) is 0 Å². The van der Waals surface area contributed by atoms with Gasteiger partial charge < -0.3 is 4.57 Å². The molecule has 3 heteroatoms. The SMILES string of the molecule is [C-]#[N+]c1ccc2c3ccc(-c4cc5ccc6cc(-c7cccc(-c8ccccc8)n7)cc7ccc(c4)c5c67)cc3n(-c3ccccc3)c2c1. The quantitative estimate of drug-likeness (QED) is 0.142. The van der Waals surface area contributed by atoms with Crippen molar-refractivity contribution in [2.75, 3.05) is 0 Å². The highest BCUT2D eigenvalue weighted by molar-refractivity contribution is 6.24. The van der Waals surface area contributed by atoms with Gasteiger partial charge in [-0.2, -0.15) is 0 Å². The highest BCUT2D eigenvalue weighted by Gasteiger charge is 2.16. The van der Waals surface area contributed by atoms with Gasteiger partial charge >= 0.3 is 0 Å². The van der Waals surface area contributed by atoms with Gasteiger partial charge in [-0.15, -0.1) is 0 Å². The van der Waals surface area contributed by atoms with Gasteiger partial charge in [-0.3, -0.25) is 0 Å². The largest absolute Gasteiger partial charge is 0.310 e. The molecular formula is C46H27N3. The normalized spacial score (nSPS) is 11.7. The molecule has 0 bridgehead atoms. The summed E-state index contributed by atoms with van der Waals surface area (Å²) >= 11 is 0. The Hall–Kier alpha value is -6.76. The van der Waals surface area contributed by atoms with E-state index < -0.39 is 0 Å². The zero-order valence-electron chi connectivity index (χ0n) is 26.4. The molecule has 0 aliphatic rings. The molecule has 8 aromatic carbocycles. The highest BCUT2D eigenvalue weighted by atomic mass is 15.0. The average molecular weight is 622 g/mol. The van der Waals surface area contributed by atoms with Gasteiger partial charge in [0, 0.05) is 33.1 Å². The Kier molecular flexibility index (Phi) is 5.94. The molecule has 0 aliphatic carbocycles. The lowest BCUT2D eigenvalue weighted by Gasteiger charge is -2.15. The number of rotatable bonds is 4. The van der Waals surface area contributed by atoms with Crippen LogP contribution >= 0.6 is 0 Å². The van der Waals surface area contributed by atoms with Crippen molar-refractivity contribution in [1.29, 1.82) is 0 Å². The first-order valence-corrected chi connectivity index (χ1v) is 16.5. The number of pyridine rings is 1. The first kappa shape index (κ1) is 27.4. The van der Waals surface area contributed by atoms with E-state index in [-0.39, 0.29) is 0 Å². The Labute approximate surface area is 283 Å². The van der Waals surface area contributed by atoms with E-state index >= 15 is 0 Å². The van der Waals surface area contributed by atoms with E-state index in [1.54, 1.807) is 0 Å². The summed E-state index contributed by atoms with van der Waals surface area (Å²) in [5.41, 5.74) is 10.4. The van der Waals surface area contributed by atoms with Gasteiger partial charge in [0.1, 0.15) is 0 Å². The maximum atomic E-state index is 7.63. The van der Waals surface area contributed by atoms with Crippen molar-refractivity contribution in [3.8, 4) is 39.3 Å². The molecule has 3 nitrogen and oxygen atoms in total. The predicted molar refractivity (Wildman–Crippen MR) is 205 cm³/mol.